The van der Waals surface area contributed by atoms with Crippen molar-refractivity contribution in [3.63, 3.8) is 0 Å². The smallest absolute Gasteiger partial charge is 0.310 e. The van der Waals surface area contributed by atoms with E-state index in [-0.39, 0.29) is 6.42 Å². The lowest BCUT2D eigenvalue weighted by Gasteiger charge is -2.09. The van der Waals surface area contributed by atoms with Gasteiger partial charge in [-0.15, -0.1) is 0 Å². The summed E-state index contributed by atoms with van der Waals surface area (Å²) in [5, 5.41) is 0.460. The molecule has 0 unspecified atom stereocenters. The molecule has 1 aromatic carbocycles. The highest BCUT2D eigenvalue weighted by molar-refractivity contribution is 6.30. The van der Waals surface area contributed by atoms with E-state index in [1.54, 1.807) is 18.2 Å². The number of hydrazine groups is 1. The van der Waals surface area contributed by atoms with E-state index in [0.29, 0.717) is 16.3 Å². The zero-order chi connectivity index (χ0) is 15.8. The Balaban J connectivity index is 2.49. The van der Waals surface area contributed by atoms with E-state index in [0.717, 1.165) is 0 Å². The van der Waals surface area contributed by atoms with Crippen LogP contribution in [0.25, 0.3) is 0 Å². The number of hydrogen-bond acceptors (Lipinski definition) is 5. The van der Waals surface area contributed by atoms with Gasteiger partial charge in [-0.05, 0) is 18.2 Å². The molecule has 0 spiro atoms. The molecule has 1 rings (SSSR count). The van der Waals surface area contributed by atoms with Crippen LogP contribution in [0.4, 0.5) is 0 Å². The summed E-state index contributed by atoms with van der Waals surface area (Å²) in [6.07, 6.45) is -0.0862. The van der Waals surface area contributed by atoms with Crippen LogP contribution in [0, 0.1) is 0 Å². The van der Waals surface area contributed by atoms with Crippen molar-refractivity contribution in [2.24, 2.45) is 0 Å². The molecule has 0 atom stereocenters. The van der Waals surface area contributed by atoms with Crippen LogP contribution in [0.3, 0.4) is 0 Å². The summed E-state index contributed by atoms with van der Waals surface area (Å²) in [5.41, 5.74) is 4.70. The van der Waals surface area contributed by atoms with Crippen LogP contribution in [0.5, 0.6) is 5.75 Å². The quantitative estimate of drug-likeness (QED) is 0.613. The van der Waals surface area contributed by atoms with Crippen LogP contribution >= 0.6 is 11.6 Å². The fourth-order valence-corrected chi connectivity index (χ4v) is 1.63. The first kappa shape index (κ1) is 16.8. The minimum absolute atomic E-state index is 0.0862. The molecule has 114 valence electrons. The Labute approximate surface area is 126 Å². The molecule has 0 aliphatic rings. The maximum Gasteiger partial charge on any atom is 0.310 e. The molecule has 0 radical (unpaired) electrons. The normalized spacial score (nSPS) is 9.67. The minimum Gasteiger partial charge on any atom is -0.496 e. The van der Waals surface area contributed by atoms with Gasteiger partial charge in [0.25, 0.3) is 5.91 Å². The third-order valence-corrected chi connectivity index (χ3v) is 2.55. The highest BCUT2D eigenvalue weighted by atomic mass is 35.5. The highest BCUT2D eigenvalue weighted by Gasteiger charge is 2.12. The van der Waals surface area contributed by atoms with E-state index in [1.807, 2.05) is 0 Å². The van der Waals surface area contributed by atoms with Crippen LogP contribution in [0.2, 0.25) is 5.02 Å². The van der Waals surface area contributed by atoms with E-state index >= 15 is 0 Å². The van der Waals surface area contributed by atoms with E-state index in [9.17, 15) is 14.4 Å². The number of esters is 1. The first-order valence-electron chi connectivity index (χ1n) is 5.96. The van der Waals surface area contributed by atoms with Gasteiger partial charge in [-0.2, -0.15) is 0 Å². The lowest BCUT2D eigenvalue weighted by Crippen LogP contribution is -2.42. The summed E-state index contributed by atoms with van der Waals surface area (Å²) in [6, 6.07) is 4.85. The second-order valence-corrected chi connectivity index (χ2v) is 4.46. The van der Waals surface area contributed by atoms with Crippen LogP contribution in [-0.2, 0) is 25.5 Å². The molecule has 0 fully saturated rings. The first-order chi connectivity index (χ1) is 9.92. The summed E-state index contributed by atoms with van der Waals surface area (Å²) in [5.74, 6) is -1.19. The van der Waals surface area contributed by atoms with Crippen molar-refractivity contribution in [1.29, 1.82) is 0 Å². The molecule has 0 heterocycles. The predicted octanol–water partition coefficient (Wildman–Crippen LogP) is 0.602. The molecule has 7 nitrogen and oxygen atoms in total. The van der Waals surface area contributed by atoms with Crippen molar-refractivity contribution < 1.29 is 23.9 Å². The molecule has 0 aromatic heterocycles. The fraction of sp³-hybridized carbons (Fsp3) is 0.308. The summed E-state index contributed by atoms with van der Waals surface area (Å²) in [6.45, 7) is 0.736. The minimum atomic E-state index is -0.642. The predicted molar refractivity (Wildman–Crippen MR) is 74.6 cm³/mol. The molecule has 2 N–H and O–H groups in total. The molecule has 21 heavy (non-hydrogen) atoms. The summed E-state index contributed by atoms with van der Waals surface area (Å²) < 4.78 is 9.88. The lowest BCUT2D eigenvalue weighted by molar-refractivity contribution is -0.148. The lowest BCUT2D eigenvalue weighted by atomic mass is 10.1. The molecule has 0 saturated carbocycles. The van der Waals surface area contributed by atoms with Gasteiger partial charge in [0, 0.05) is 17.5 Å². The number of carbonyl (C=O) groups is 3. The molecule has 0 bridgehead atoms. The molecule has 0 saturated heterocycles. The van der Waals surface area contributed by atoms with Crippen LogP contribution < -0.4 is 15.6 Å². The number of rotatable bonds is 5. The second-order valence-electron chi connectivity index (χ2n) is 4.02. The van der Waals surface area contributed by atoms with Crippen molar-refractivity contribution in [3.05, 3.63) is 28.8 Å². The van der Waals surface area contributed by atoms with Gasteiger partial charge >= 0.3 is 5.97 Å². The van der Waals surface area contributed by atoms with Crippen LogP contribution in [0.1, 0.15) is 12.5 Å². The number of methoxy groups -OCH3 is 1. The topological polar surface area (TPSA) is 93.7 Å². The average Bonchev–Trinajstić information content (AvgIpc) is 2.43. The van der Waals surface area contributed by atoms with E-state index in [4.69, 9.17) is 21.1 Å². The number of benzene rings is 1. The maximum absolute atomic E-state index is 11.6. The van der Waals surface area contributed by atoms with Gasteiger partial charge < -0.3 is 9.47 Å². The van der Waals surface area contributed by atoms with Crippen molar-refractivity contribution in [1.82, 2.24) is 10.9 Å². The molecule has 2 amide bonds. The largest absolute Gasteiger partial charge is 0.496 e. The maximum atomic E-state index is 11.6. The number of amides is 2. The molecule has 0 aliphatic carbocycles. The SMILES string of the molecule is COc1ccc(Cl)cc1CC(=O)OCC(=O)NNC(C)=O. The summed E-state index contributed by atoms with van der Waals surface area (Å²) >= 11 is 5.84. The Morgan fingerprint density at radius 2 is 1.95 bits per heavy atom. The Kier molecular flexibility index (Phi) is 6.48. The Hall–Kier alpha value is -2.28. The van der Waals surface area contributed by atoms with E-state index in [2.05, 4.69) is 10.9 Å². The standard InChI is InChI=1S/C13H15ClN2O5/c1-8(17)15-16-12(18)7-21-13(19)6-9-5-10(14)3-4-11(9)20-2/h3-5H,6-7H2,1-2H3,(H,15,17)(H,16,18). The third-order valence-electron chi connectivity index (χ3n) is 2.32. The average molecular weight is 315 g/mol. The molecule has 8 heteroatoms. The second kappa shape index (κ2) is 8.11. The van der Waals surface area contributed by atoms with Gasteiger partial charge in [-0.25, -0.2) is 0 Å². The van der Waals surface area contributed by atoms with Gasteiger partial charge in [-0.3, -0.25) is 25.2 Å². The Bertz CT molecular complexity index is 547. The van der Waals surface area contributed by atoms with Gasteiger partial charge in [-0.1, -0.05) is 11.6 Å². The van der Waals surface area contributed by atoms with Crippen molar-refractivity contribution in [2.45, 2.75) is 13.3 Å². The number of hydrogen-bond donors (Lipinski definition) is 2. The zero-order valence-electron chi connectivity index (χ0n) is 11.6. The number of carbonyl (C=O) groups excluding carboxylic acids is 3. The van der Waals surface area contributed by atoms with Crippen LogP contribution in [-0.4, -0.2) is 31.5 Å². The number of nitrogens with one attached hydrogen (secondary N) is 2. The Morgan fingerprint density at radius 1 is 1.24 bits per heavy atom. The van der Waals surface area contributed by atoms with E-state index < -0.39 is 24.4 Å². The number of ether oxygens (including phenoxy) is 2. The molecule has 1 aromatic rings. The van der Waals surface area contributed by atoms with Gasteiger partial charge in [0.15, 0.2) is 6.61 Å². The molecular weight excluding hydrogens is 300 g/mol. The monoisotopic (exact) mass is 314 g/mol. The zero-order valence-corrected chi connectivity index (χ0v) is 12.3. The van der Waals surface area contributed by atoms with Crippen molar-refractivity contribution in [2.75, 3.05) is 13.7 Å². The van der Waals surface area contributed by atoms with Gasteiger partial charge in [0.2, 0.25) is 5.91 Å². The van der Waals surface area contributed by atoms with Gasteiger partial charge in [0.1, 0.15) is 5.75 Å². The van der Waals surface area contributed by atoms with Crippen molar-refractivity contribution in [3.8, 4) is 5.75 Å². The summed E-state index contributed by atoms with van der Waals surface area (Å²) in [7, 11) is 1.47. The van der Waals surface area contributed by atoms with E-state index in [1.165, 1.54) is 14.0 Å². The third kappa shape index (κ3) is 6.13. The van der Waals surface area contributed by atoms with Crippen molar-refractivity contribution >= 4 is 29.4 Å². The molecule has 0 aliphatic heterocycles. The first-order valence-corrected chi connectivity index (χ1v) is 6.33. The van der Waals surface area contributed by atoms with Gasteiger partial charge in [0.05, 0.1) is 13.5 Å². The Morgan fingerprint density at radius 3 is 2.57 bits per heavy atom. The van der Waals surface area contributed by atoms with Crippen LogP contribution in [0.15, 0.2) is 18.2 Å². The highest BCUT2D eigenvalue weighted by Crippen LogP contribution is 2.23. The fourth-order valence-electron chi connectivity index (χ4n) is 1.43. The number of halogens is 1. The summed E-state index contributed by atoms with van der Waals surface area (Å²) in [4.78, 5) is 33.4. The molecular formula is C13H15ClN2O5.